The third-order valence-electron chi connectivity index (χ3n) is 3.92. The molecule has 0 saturated carbocycles. The molecule has 1 aliphatic rings. The number of hydrogen-bond donors (Lipinski definition) is 0. The van der Waals surface area contributed by atoms with E-state index in [1.165, 1.54) is 64.2 Å². The molecule has 1 heterocycles. The summed E-state index contributed by atoms with van der Waals surface area (Å²) in [5, 5.41) is 0. The number of unbranched alkanes of at least 4 members (excludes halogenated alkanes) is 8. The maximum Gasteiger partial charge on any atom is 0.0876 e. The second-order valence-corrected chi connectivity index (χ2v) is 5.73. The maximum atomic E-state index is 5.65. The molecule has 0 aromatic heterocycles. The van der Waals surface area contributed by atoms with E-state index >= 15 is 0 Å². The van der Waals surface area contributed by atoms with Crippen molar-refractivity contribution in [2.24, 2.45) is 0 Å². The molecule has 1 aliphatic heterocycles. The second kappa shape index (κ2) is 11.3. The molecular weight excluding hydrogens is 232 g/mol. The lowest BCUT2D eigenvalue weighted by atomic mass is 10.0. The molecule has 1 rings (SSSR count). The van der Waals surface area contributed by atoms with Gasteiger partial charge in [-0.3, -0.25) is 0 Å². The Balaban J connectivity index is 1.77. The van der Waals surface area contributed by atoms with Crippen LogP contribution in [0.15, 0.2) is 24.8 Å². The minimum Gasteiger partial charge on any atom is -0.369 e. The maximum absolute atomic E-state index is 5.65. The third-order valence-corrected chi connectivity index (χ3v) is 3.92. The van der Waals surface area contributed by atoms with Gasteiger partial charge < -0.3 is 4.74 Å². The van der Waals surface area contributed by atoms with Crippen molar-refractivity contribution in [3.63, 3.8) is 0 Å². The van der Waals surface area contributed by atoms with Crippen molar-refractivity contribution >= 4 is 0 Å². The molecule has 0 aromatic carbocycles. The Hall–Kier alpha value is -0.560. The average Bonchev–Trinajstić information content (AvgIpc) is 3.16. The first-order valence-corrected chi connectivity index (χ1v) is 8.31. The zero-order valence-corrected chi connectivity index (χ0v) is 12.8. The Labute approximate surface area is 120 Å². The van der Waals surface area contributed by atoms with Gasteiger partial charge >= 0.3 is 0 Å². The van der Waals surface area contributed by atoms with Crippen LogP contribution in [0.5, 0.6) is 0 Å². The van der Waals surface area contributed by atoms with Gasteiger partial charge in [0.05, 0.1) is 12.2 Å². The van der Waals surface area contributed by atoms with Crippen molar-refractivity contribution in [1.29, 1.82) is 0 Å². The van der Waals surface area contributed by atoms with Crippen LogP contribution in [0, 0.1) is 0 Å². The van der Waals surface area contributed by atoms with Gasteiger partial charge in [0, 0.05) is 0 Å². The predicted molar refractivity (Wildman–Crippen MR) is 84.5 cm³/mol. The highest BCUT2D eigenvalue weighted by Crippen LogP contribution is 2.30. The first kappa shape index (κ1) is 16.5. The highest BCUT2D eigenvalue weighted by atomic mass is 16.6. The molecule has 110 valence electrons. The normalized spacial score (nSPS) is 21.9. The molecule has 0 bridgehead atoms. The molecule has 1 fully saturated rings. The quantitative estimate of drug-likeness (QED) is 0.232. The predicted octanol–water partition coefficient (Wildman–Crippen LogP) is 5.81. The first-order valence-electron chi connectivity index (χ1n) is 8.31. The largest absolute Gasteiger partial charge is 0.369 e. The fraction of sp³-hybridized carbons (Fsp3) is 0.778. The highest BCUT2D eigenvalue weighted by molar-refractivity contribution is 5.01. The molecule has 19 heavy (non-hydrogen) atoms. The van der Waals surface area contributed by atoms with E-state index in [4.69, 9.17) is 4.74 Å². The van der Waals surface area contributed by atoms with Crippen molar-refractivity contribution in [1.82, 2.24) is 0 Å². The van der Waals surface area contributed by atoms with Gasteiger partial charge in [0.2, 0.25) is 0 Å². The molecular formula is C18H32O. The standard InChI is InChI=1S/C18H32O/c1-3-5-7-8-9-10-11-12-14-16-18-17(19-18)15-13-6-4-2/h4,6,13,17-18H,2-3,5,7-12,14-16H2,1H3. The zero-order valence-electron chi connectivity index (χ0n) is 12.8. The number of rotatable bonds is 13. The fourth-order valence-electron chi connectivity index (χ4n) is 2.61. The molecule has 2 atom stereocenters. The van der Waals surface area contributed by atoms with Crippen molar-refractivity contribution in [2.45, 2.75) is 89.8 Å². The Kier molecular flexibility index (Phi) is 9.79. The van der Waals surface area contributed by atoms with E-state index in [0.29, 0.717) is 12.2 Å². The summed E-state index contributed by atoms with van der Waals surface area (Å²) in [6.45, 7) is 5.95. The summed E-state index contributed by atoms with van der Waals surface area (Å²) in [5.41, 5.74) is 0. The molecule has 1 nitrogen and oxygen atoms in total. The molecule has 1 heteroatoms. The van der Waals surface area contributed by atoms with E-state index in [0.717, 1.165) is 6.42 Å². The molecule has 0 radical (unpaired) electrons. The Morgan fingerprint density at radius 2 is 1.53 bits per heavy atom. The van der Waals surface area contributed by atoms with Gasteiger partial charge in [0.15, 0.2) is 0 Å². The van der Waals surface area contributed by atoms with Crippen LogP contribution in [0.4, 0.5) is 0 Å². The lowest BCUT2D eigenvalue weighted by Crippen LogP contribution is -1.92. The Morgan fingerprint density at radius 1 is 0.895 bits per heavy atom. The van der Waals surface area contributed by atoms with Crippen molar-refractivity contribution in [3.05, 3.63) is 24.8 Å². The van der Waals surface area contributed by atoms with Crippen LogP contribution in [0.3, 0.4) is 0 Å². The monoisotopic (exact) mass is 264 g/mol. The summed E-state index contributed by atoms with van der Waals surface area (Å²) in [6.07, 6.45) is 22.1. The minimum atomic E-state index is 0.505. The van der Waals surface area contributed by atoms with Crippen LogP contribution in [-0.4, -0.2) is 12.2 Å². The average molecular weight is 264 g/mol. The lowest BCUT2D eigenvalue weighted by Gasteiger charge is -2.01. The van der Waals surface area contributed by atoms with E-state index in [2.05, 4.69) is 19.6 Å². The molecule has 0 spiro atoms. The molecule has 0 amide bonds. The van der Waals surface area contributed by atoms with Crippen molar-refractivity contribution in [2.75, 3.05) is 0 Å². The Bertz CT molecular complexity index is 244. The van der Waals surface area contributed by atoms with Gasteiger partial charge in [-0.05, 0) is 12.8 Å². The van der Waals surface area contributed by atoms with E-state index in [-0.39, 0.29) is 0 Å². The SMILES string of the molecule is C=CC=CCC1OC1CCCCCCCCCCC. The lowest BCUT2D eigenvalue weighted by molar-refractivity contribution is 0.358. The van der Waals surface area contributed by atoms with Crippen molar-refractivity contribution in [3.8, 4) is 0 Å². The van der Waals surface area contributed by atoms with Crippen LogP contribution in [0.25, 0.3) is 0 Å². The van der Waals surface area contributed by atoms with Gasteiger partial charge in [-0.25, -0.2) is 0 Å². The molecule has 1 saturated heterocycles. The van der Waals surface area contributed by atoms with Gasteiger partial charge in [-0.15, -0.1) is 0 Å². The van der Waals surface area contributed by atoms with Gasteiger partial charge in [-0.2, -0.15) is 0 Å². The van der Waals surface area contributed by atoms with E-state index in [9.17, 15) is 0 Å². The summed E-state index contributed by atoms with van der Waals surface area (Å²) in [6, 6.07) is 0. The smallest absolute Gasteiger partial charge is 0.0876 e. The minimum absolute atomic E-state index is 0.505. The van der Waals surface area contributed by atoms with E-state index in [1.54, 1.807) is 0 Å². The van der Waals surface area contributed by atoms with Gasteiger partial charge in [0.25, 0.3) is 0 Å². The number of hydrogen-bond acceptors (Lipinski definition) is 1. The summed E-state index contributed by atoms with van der Waals surface area (Å²) in [7, 11) is 0. The van der Waals surface area contributed by atoms with Crippen LogP contribution in [0.1, 0.15) is 77.6 Å². The van der Waals surface area contributed by atoms with Crippen LogP contribution in [0.2, 0.25) is 0 Å². The third kappa shape index (κ3) is 9.04. The number of epoxide rings is 1. The zero-order chi connectivity index (χ0) is 13.8. The topological polar surface area (TPSA) is 12.5 Å². The highest BCUT2D eigenvalue weighted by Gasteiger charge is 2.36. The van der Waals surface area contributed by atoms with Crippen LogP contribution < -0.4 is 0 Å². The van der Waals surface area contributed by atoms with E-state index < -0.39 is 0 Å². The summed E-state index contributed by atoms with van der Waals surface area (Å²) in [5.74, 6) is 0. The van der Waals surface area contributed by atoms with E-state index in [1.807, 2.05) is 12.2 Å². The first-order chi connectivity index (χ1) is 9.38. The number of ether oxygens (including phenoxy) is 1. The fourth-order valence-corrected chi connectivity index (χ4v) is 2.61. The summed E-state index contributed by atoms with van der Waals surface area (Å²) in [4.78, 5) is 0. The molecule has 2 unspecified atom stereocenters. The summed E-state index contributed by atoms with van der Waals surface area (Å²) >= 11 is 0. The molecule has 0 N–H and O–H groups in total. The van der Waals surface area contributed by atoms with Gasteiger partial charge in [-0.1, -0.05) is 89.5 Å². The molecule has 0 aromatic rings. The molecule has 0 aliphatic carbocycles. The second-order valence-electron chi connectivity index (χ2n) is 5.73. The van der Waals surface area contributed by atoms with Crippen LogP contribution in [-0.2, 0) is 4.74 Å². The summed E-state index contributed by atoms with van der Waals surface area (Å²) < 4.78 is 5.65. The Morgan fingerprint density at radius 3 is 2.16 bits per heavy atom. The number of allylic oxidation sites excluding steroid dienone is 2. The van der Waals surface area contributed by atoms with Crippen molar-refractivity contribution < 1.29 is 4.74 Å². The van der Waals surface area contributed by atoms with Crippen LogP contribution >= 0.6 is 0 Å². The van der Waals surface area contributed by atoms with Gasteiger partial charge in [0.1, 0.15) is 0 Å².